The molecule has 0 bridgehead atoms. The molecule has 1 heterocycles. The molecule has 0 radical (unpaired) electrons. The van der Waals surface area contributed by atoms with Crippen molar-refractivity contribution in [2.24, 2.45) is 0 Å². The van der Waals surface area contributed by atoms with Crippen LogP contribution in [0.5, 0.6) is 0 Å². The monoisotopic (exact) mass is 299 g/mol. The third-order valence-electron chi connectivity index (χ3n) is 3.41. The van der Waals surface area contributed by atoms with Gasteiger partial charge < -0.3 is 10.2 Å². The molecule has 2 N–H and O–H groups in total. The van der Waals surface area contributed by atoms with E-state index in [1.54, 1.807) is 6.07 Å². The second kappa shape index (κ2) is 5.90. The van der Waals surface area contributed by atoms with Crippen LogP contribution in [0.3, 0.4) is 0 Å². The molecular weight excluding hydrogens is 282 g/mol. The molecule has 1 fully saturated rings. The molecule has 0 aromatic heterocycles. The van der Waals surface area contributed by atoms with Crippen LogP contribution < -0.4 is 0 Å². The SMILES string of the molecule is O=C(O)c1cccc(CS(=O)(=O)N2CCCC2CO)c1. The van der Waals surface area contributed by atoms with Crippen molar-refractivity contribution in [3.05, 3.63) is 35.4 Å². The fourth-order valence-corrected chi connectivity index (χ4v) is 4.25. The number of aliphatic hydroxyl groups is 1. The van der Waals surface area contributed by atoms with Gasteiger partial charge in [0.05, 0.1) is 17.9 Å². The summed E-state index contributed by atoms with van der Waals surface area (Å²) in [5.74, 6) is -1.33. The molecule has 1 aliphatic rings. The van der Waals surface area contributed by atoms with E-state index in [-0.39, 0.29) is 24.0 Å². The van der Waals surface area contributed by atoms with Gasteiger partial charge in [-0.1, -0.05) is 12.1 Å². The maximum atomic E-state index is 12.3. The summed E-state index contributed by atoms with van der Waals surface area (Å²) in [4.78, 5) is 10.9. The van der Waals surface area contributed by atoms with Gasteiger partial charge >= 0.3 is 5.97 Å². The van der Waals surface area contributed by atoms with E-state index in [9.17, 15) is 18.3 Å². The average molecular weight is 299 g/mol. The maximum Gasteiger partial charge on any atom is 0.335 e. The van der Waals surface area contributed by atoms with E-state index in [4.69, 9.17) is 5.11 Å². The smallest absolute Gasteiger partial charge is 0.335 e. The molecule has 0 spiro atoms. The van der Waals surface area contributed by atoms with Gasteiger partial charge in [-0.05, 0) is 30.5 Å². The van der Waals surface area contributed by atoms with Crippen LogP contribution in [-0.2, 0) is 15.8 Å². The highest BCUT2D eigenvalue weighted by Gasteiger charge is 2.33. The maximum absolute atomic E-state index is 12.3. The predicted molar refractivity (Wildman–Crippen MR) is 72.8 cm³/mol. The van der Waals surface area contributed by atoms with Gasteiger partial charge in [0, 0.05) is 12.6 Å². The molecule has 1 saturated heterocycles. The van der Waals surface area contributed by atoms with E-state index in [1.807, 2.05) is 0 Å². The number of benzene rings is 1. The summed E-state index contributed by atoms with van der Waals surface area (Å²) in [5, 5.41) is 18.1. The van der Waals surface area contributed by atoms with Gasteiger partial charge in [0.1, 0.15) is 0 Å². The molecule has 1 aromatic carbocycles. The minimum atomic E-state index is -3.54. The number of aliphatic hydroxyl groups excluding tert-OH is 1. The zero-order valence-corrected chi connectivity index (χ0v) is 11.7. The zero-order chi connectivity index (χ0) is 14.8. The van der Waals surface area contributed by atoms with Gasteiger partial charge in [0.25, 0.3) is 0 Å². The second-order valence-corrected chi connectivity index (χ2v) is 6.77. The average Bonchev–Trinajstić information content (AvgIpc) is 2.87. The van der Waals surface area contributed by atoms with Crippen molar-refractivity contribution < 1.29 is 23.4 Å². The number of aromatic carboxylic acids is 1. The Labute approximate surface area is 117 Å². The van der Waals surface area contributed by atoms with Crippen LogP contribution in [0.4, 0.5) is 0 Å². The number of sulfonamides is 1. The van der Waals surface area contributed by atoms with Gasteiger partial charge in [-0.3, -0.25) is 0 Å². The van der Waals surface area contributed by atoms with Crippen LogP contribution in [0.2, 0.25) is 0 Å². The van der Waals surface area contributed by atoms with Crippen molar-refractivity contribution in [2.45, 2.75) is 24.6 Å². The Morgan fingerprint density at radius 3 is 2.80 bits per heavy atom. The van der Waals surface area contributed by atoms with E-state index in [0.717, 1.165) is 6.42 Å². The van der Waals surface area contributed by atoms with Crippen molar-refractivity contribution in [2.75, 3.05) is 13.2 Å². The molecule has 110 valence electrons. The number of carbonyl (C=O) groups is 1. The van der Waals surface area contributed by atoms with E-state index < -0.39 is 16.0 Å². The molecule has 1 unspecified atom stereocenters. The number of nitrogens with zero attached hydrogens (tertiary/aromatic N) is 1. The first-order chi connectivity index (χ1) is 9.44. The van der Waals surface area contributed by atoms with Crippen LogP contribution in [0.15, 0.2) is 24.3 Å². The first kappa shape index (κ1) is 15.0. The third kappa shape index (κ3) is 3.17. The predicted octanol–water partition coefficient (Wildman–Crippen LogP) is 0.671. The molecule has 1 aromatic rings. The Balaban J connectivity index is 2.20. The van der Waals surface area contributed by atoms with Crippen molar-refractivity contribution in [3.8, 4) is 0 Å². The second-order valence-electron chi connectivity index (χ2n) is 4.85. The van der Waals surface area contributed by atoms with Gasteiger partial charge in [0.2, 0.25) is 10.0 Å². The van der Waals surface area contributed by atoms with Crippen LogP contribution in [0.25, 0.3) is 0 Å². The zero-order valence-electron chi connectivity index (χ0n) is 10.9. The molecule has 20 heavy (non-hydrogen) atoms. The summed E-state index contributed by atoms with van der Waals surface area (Å²) in [6.07, 6.45) is 1.39. The fraction of sp³-hybridized carbons (Fsp3) is 0.462. The Morgan fingerprint density at radius 2 is 2.15 bits per heavy atom. The molecule has 1 atom stereocenters. The number of hydrogen-bond donors (Lipinski definition) is 2. The Morgan fingerprint density at radius 1 is 1.40 bits per heavy atom. The van der Waals surface area contributed by atoms with Gasteiger partial charge in [0.15, 0.2) is 0 Å². The normalized spacial score (nSPS) is 20.1. The lowest BCUT2D eigenvalue weighted by molar-refractivity contribution is 0.0696. The summed E-state index contributed by atoms with van der Waals surface area (Å²) in [6, 6.07) is 5.55. The number of carboxylic acid groups (broad SMARTS) is 1. The summed E-state index contributed by atoms with van der Waals surface area (Å²) >= 11 is 0. The highest BCUT2D eigenvalue weighted by molar-refractivity contribution is 7.88. The van der Waals surface area contributed by atoms with Crippen molar-refractivity contribution >= 4 is 16.0 Å². The number of rotatable bonds is 5. The number of carboxylic acids is 1. The highest BCUT2D eigenvalue weighted by Crippen LogP contribution is 2.23. The lowest BCUT2D eigenvalue weighted by atomic mass is 10.1. The van der Waals surface area contributed by atoms with Gasteiger partial charge in [-0.25, -0.2) is 13.2 Å². The van der Waals surface area contributed by atoms with Crippen molar-refractivity contribution in [3.63, 3.8) is 0 Å². The highest BCUT2D eigenvalue weighted by atomic mass is 32.2. The first-order valence-corrected chi connectivity index (χ1v) is 7.97. The lowest BCUT2D eigenvalue weighted by Gasteiger charge is -2.22. The molecule has 0 saturated carbocycles. The van der Waals surface area contributed by atoms with Crippen molar-refractivity contribution in [1.29, 1.82) is 0 Å². The molecular formula is C13H17NO5S. The summed E-state index contributed by atoms with van der Waals surface area (Å²) < 4.78 is 26.0. The molecule has 6 nitrogen and oxygen atoms in total. The van der Waals surface area contributed by atoms with Crippen LogP contribution in [0.1, 0.15) is 28.8 Å². The van der Waals surface area contributed by atoms with E-state index in [2.05, 4.69) is 0 Å². The molecule has 2 rings (SSSR count). The van der Waals surface area contributed by atoms with Crippen LogP contribution >= 0.6 is 0 Å². The minimum Gasteiger partial charge on any atom is -0.478 e. The standard InChI is InChI=1S/C13H17NO5S/c15-8-12-5-2-6-14(12)20(18,19)9-10-3-1-4-11(7-10)13(16)17/h1,3-4,7,12,15H,2,5-6,8-9H2,(H,16,17). The fourth-order valence-electron chi connectivity index (χ4n) is 2.45. The van der Waals surface area contributed by atoms with Crippen LogP contribution in [-0.4, -0.2) is 48.1 Å². The quantitative estimate of drug-likeness (QED) is 0.833. The summed E-state index contributed by atoms with van der Waals surface area (Å²) in [7, 11) is -3.54. The Bertz CT molecular complexity index is 599. The summed E-state index contributed by atoms with van der Waals surface area (Å²) in [5.41, 5.74) is 0.506. The number of hydrogen-bond acceptors (Lipinski definition) is 4. The minimum absolute atomic E-state index is 0.0674. The Hall–Kier alpha value is -1.44. The topological polar surface area (TPSA) is 94.9 Å². The molecule has 0 aliphatic carbocycles. The van der Waals surface area contributed by atoms with E-state index in [1.165, 1.54) is 22.5 Å². The lowest BCUT2D eigenvalue weighted by Crippen LogP contribution is -2.38. The first-order valence-electron chi connectivity index (χ1n) is 6.36. The summed E-state index contributed by atoms with van der Waals surface area (Å²) in [6.45, 7) is 0.223. The van der Waals surface area contributed by atoms with E-state index in [0.29, 0.717) is 18.5 Å². The Kier molecular flexibility index (Phi) is 4.42. The molecule has 0 amide bonds. The van der Waals surface area contributed by atoms with Crippen LogP contribution in [0, 0.1) is 0 Å². The van der Waals surface area contributed by atoms with Gasteiger partial charge in [-0.2, -0.15) is 4.31 Å². The van der Waals surface area contributed by atoms with Gasteiger partial charge in [-0.15, -0.1) is 0 Å². The third-order valence-corrected chi connectivity index (χ3v) is 5.31. The molecule has 7 heteroatoms. The van der Waals surface area contributed by atoms with Crippen molar-refractivity contribution in [1.82, 2.24) is 4.31 Å². The van der Waals surface area contributed by atoms with E-state index >= 15 is 0 Å². The molecule has 1 aliphatic heterocycles. The largest absolute Gasteiger partial charge is 0.478 e.